The Balaban J connectivity index is 1.34. The Kier molecular flexibility index (Phi) is 7.19. The van der Waals surface area contributed by atoms with Crippen LogP contribution >= 0.6 is 0 Å². The second-order valence-electron chi connectivity index (χ2n) is 11.5. The molecule has 1 N–H and O–H groups in total. The number of rotatable bonds is 8. The normalized spacial score (nSPS) is 20.3. The zero-order valence-electron chi connectivity index (χ0n) is 23.8. The topological polar surface area (TPSA) is 106 Å². The smallest absolute Gasteiger partial charge is 0.339 e. The molecule has 41 heavy (non-hydrogen) atoms. The zero-order valence-corrected chi connectivity index (χ0v) is 23.8. The van der Waals surface area contributed by atoms with Crippen molar-refractivity contribution in [3.05, 3.63) is 82.9 Å². The second-order valence-corrected chi connectivity index (χ2v) is 11.5. The highest BCUT2D eigenvalue weighted by molar-refractivity contribution is 5.96. The Labute approximate surface area is 239 Å². The molecule has 2 aromatic carbocycles. The molecule has 1 saturated heterocycles. The predicted octanol–water partition coefficient (Wildman–Crippen LogP) is 5.74. The molecule has 0 spiro atoms. The number of carboxylic acid groups (broad SMARTS) is 1. The van der Waals surface area contributed by atoms with Crippen LogP contribution in [0.1, 0.15) is 95.0 Å². The number of aromatic carboxylic acids is 1. The summed E-state index contributed by atoms with van der Waals surface area (Å²) in [5.74, 6) is -0.794. The van der Waals surface area contributed by atoms with Gasteiger partial charge in [-0.1, -0.05) is 36.8 Å². The lowest BCUT2D eigenvalue weighted by atomic mass is 9.96. The van der Waals surface area contributed by atoms with Gasteiger partial charge in [0.1, 0.15) is 5.56 Å². The van der Waals surface area contributed by atoms with E-state index in [4.69, 9.17) is 0 Å². The summed E-state index contributed by atoms with van der Waals surface area (Å²) >= 11 is 0. The van der Waals surface area contributed by atoms with Crippen LogP contribution in [0.4, 0.5) is 0 Å². The maximum Gasteiger partial charge on any atom is 0.339 e. The van der Waals surface area contributed by atoms with Gasteiger partial charge in [0.25, 0.3) is 5.91 Å². The zero-order chi connectivity index (χ0) is 28.7. The number of aromatic nitrogens is 5. The van der Waals surface area contributed by atoms with E-state index in [2.05, 4.69) is 33.3 Å². The van der Waals surface area contributed by atoms with E-state index in [1.54, 1.807) is 9.36 Å². The van der Waals surface area contributed by atoms with Crippen molar-refractivity contribution in [1.82, 2.24) is 29.7 Å². The van der Waals surface area contributed by atoms with E-state index in [0.717, 1.165) is 66.7 Å². The fourth-order valence-corrected chi connectivity index (χ4v) is 6.40. The molecule has 0 bridgehead atoms. The van der Waals surface area contributed by atoms with Gasteiger partial charge in [-0.3, -0.25) is 9.48 Å². The third-order valence-corrected chi connectivity index (χ3v) is 8.44. The van der Waals surface area contributed by atoms with Crippen LogP contribution in [-0.4, -0.2) is 59.2 Å². The van der Waals surface area contributed by atoms with Gasteiger partial charge in [-0.15, -0.1) is 5.10 Å². The van der Waals surface area contributed by atoms with E-state index < -0.39 is 5.97 Å². The lowest BCUT2D eigenvalue weighted by Crippen LogP contribution is -2.43. The Hall–Kier alpha value is -4.27. The summed E-state index contributed by atoms with van der Waals surface area (Å²) in [5, 5.41) is 22.8. The summed E-state index contributed by atoms with van der Waals surface area (Å²) in [7, 11) is 1.83. The van der Waals surface area contributed by atoms with Crippen LogP contribution in [0.3, 0.4) is 0 Å². The number of hydrogen-bond donors (Lipinski definition) is 1. The molecule has 1 amide bonds. The molecular formula is C32H36N6O3. The quantitative estimate of drug-likeness (QED) is 0.299. The summed E-state index contributed by atoms with van der Waals surface area (Å²) in [6.45, 7) is 5.01. The van der Waals surface area contributed by atoms with E-state index in [1.807, 2.05) is 56.6 Å². The van der Waals surface area contributed by atoms with E-state index in [0.29, 0.717) is 17.3 Å². The van der Waals surface area contributed by atoms with Crippen molar-refractivity contribution < 1.29 is 14.7 Å². The molecule has 3 heterocycles. The van der Waals surface area contributed by atoms with Crippen LogP contribution in [0, 0.1) is 6.92 Å². The largest absolute Gasteiger partial charge is 0.478 e. The van der Waals surface area contributed by atoms with Gasteiger partial charge in [-0.05, 0) is 80.0 Å². The van der Waals surface area contributed by atoms with E-state index >= 15 is 0 Å². The first-order valence-corrected chi connectivity index (χ1v) is 14.5. The number of likely N-dealkylation sites (tertiary alicyclic amines) is 1. The van der Waals surface area contributed by atoms with Crippen molar-refractivity contribution in [2.24, 2.45) is 7.05 Å². The number of carboxylic acids is 1. The van der Waals surface area contributed by atoms with Crippen LogP contribution < -0.4 is 0 Å². The molecule has 2 aromatic heterocycles. The fraction of sp³-hybridized carbons (Fsp3) is 0.406. The van der Waals surface area contributed by atoms with Gasteiger partial charge in [0.05, 0.1) is 23.3 Å². The van der Waals surface area contributed by atoms with Gasteiger partial charge >= 0.3 is 5.97 Å². The SMILES string of the molecule is CCCC1CCCCN1C(=O)c1cccc(-c2cc(C)cc(-n3ncc(C(=O)O)c3[C@H]3C[C@@H]3c3cn(C)nn3)c2)c1. The minimum absolute atomic E-state index is 0.00850. The summed E-state index contributed by atoms with van der Waals surface area (Å²) < 4.78 is 3.43. The fourth-order valence-electron chi connectivity index (χ4n) is 6.40. The number of carbonyl (C=O) groups is 2. The molecule has 6 rings (SSSR count). The summed E-state index contributed by atoms with van der Waals surface area (Å²) in [6.07, 6.45) is 9.54. The number of hydrogen-bond acceptors (Lipinski definition) is 5. The van der Waals surface area contributed by atoms with Gasteiger partial charge in [0.2, 0.25) is 0 Å². The van der Waals surface area contributed by atoms with Crippen molar-refractivity contribution in [3.8, 4) is 16.8 Å². The molecule has 2 aliphatic rings. The molecule has 0 radical (unpaired) electrons. The number of nitrogens with zero attached hydrogens (tertiary/aromatic N) is 6. The Morgan fingerprint density at radius 3 is 2.68 bits per heavy atom. The van der Waals surface area contributed by atoms with Gasteiger partial charge < -0.3 is 10.0 Å². The maximum absolute atomic E-state index is 13.6. The van der Waals surface area contributed by atoms with Crippen LogP contribution in [0.15, 0.2) is 54.9 Å². The summed E-state index contributed by atoms with van der Waals surface area (Å²) in [5.41, 5.74) is 6.17. The van der Waals surface area contributed by atoms with Crippen molar-refractivity contribution in [1.29, 1.82) is 0 Å². The molecule has 4 aromatic rings. The van der Waals surface area contributed by atoms with Crippen molar-refractivity contribution in [3.63, 3.8) is 0 Å². The molecule has 1 aliphatic carbocycles. The number of aryl methyl sites for hydroxylation is 2. The first-order valence-electron chi connectivity index (χ1n) is 14.5. The highest BCUT2D eigenvalue weighted by atomic mass is 16.4. The second kappa shape index (κ2) is 11.0. The van der Waals surface area contributed by atoms with Crippen molar-refractivity contribution in [2.45, 2.75) is 70.3 Å². The van der Waals surface area contributed by atoms with Gasteiger partial charge in [0.15, 0.2) is 0 Å². The average molecular weight is 553 g/mol. The van der Waals surface area contributed by atoms with Crippen LogP contribution in [0.2, 0.25) is 0 Å². The molecule has 1 unspecified atom stereocenters. The maximum atomic E-state index is 13.6. The molecule has 212 valence electrons. The molecule has 2 fully saturated rings. The minimum atomic E-state index is -0.991. The molecular weight excluding hydrogens is 516 g/mol. The predicted molar refractivity (Wildman–Crippen MR) is 155 cm³/mol. The number of benzene rings is 2. The van der Waals surface area contributed by atoms with Crippen LogP contribution in [-0.2, 0) is 7.05 Å². The Morgan fingerprint density at radius 1 is 1.07 bits per heavy atom. The lowest BCUT2D eigenvalue weighted by Gasteiger charge is -2.36. The molecule has 9 nitrogen and oxygen atoms in total. The van der Waals surface area contributed by atoms with Crippen LogP contribution in [0.5, 0.6) is 0 Å². The van der Waals surface area contributed by atoms with Crippen molar-refractivity contribution >= 4 is 11.9 Å². The van der Waals surface area contributed by atoms with Crippen molar-refractivity contribution in [2.75, 3.05) is 6.54 Å². The minimum Gasteiger partial charge on any atom is -0.478 e. The first-order chi connectivity index (χ1) is 19.8. The Morgan fingerprint density at radius 2 is 1.93 bits per heavy atom. The van der Waals surface area contributed by atoms with Gasteiger partial charge in [-0.25, -0.2) is 9.48 Å². The molecule has 9 heteroatoms. The first kappa shape index (κ1) is 26.9. The lowest BCUT2D eigenvalue weighted by molar-refractivity contribution is 0.0600. The molecule has 1 saturated carbocycles. The molecule has 1 aliphatic heterocycles. The van der Waals surface area contributed by atoms with Gasteiger partial charge in [-0.2, -0.15) is 5.10 Å². The third-order valence-electron chi connectivity index (χ3n) is 8.44. The highest BCUT2D eigenvalue weighted by Crippen LogP contribution is 2.55. The summed E-state index contributed by atoms with van der Waals surface area (Å²) in [6, 6.07) is 14.3. The highest BCUT2D eigenvalue weighted by Gasteiger charge is 2.46. The van der Waals surface area contributed by atoms with E-state index in [1.165, 1.54) is 12.6 Å². The van der Waals surface area contributed by atoms with E-state index in [-0.39, 0.29) is 23.3 Å². The average Bonchev–Trinajstić information content (AvgIpc) is 3.41. The Bertz CT molecular complexity index is 1600. The number of piperidine rings is 1. The number of amides is 1. The number of carbonyl (C=O) groups excluding carboxylic acids is 1. The monoisotopic (exact) mass is 552 g/mol. The standard InChI is InChI=1S/C32H36N6O3/c1-4-8-24-11-5-6-12-37(24)31(39)22-10-7-9-21(15-22)23-13-20(2)14-25(16-23)38-30(28(18-33-38)32(40)41)27-17-26(27)29-19-36(3)35-34-29/h7,9-10,13-16,18-19,24,26-27H,4-6,8,11-12,17H2,1-3H3,(H,40,41)/t24?,26-,27-/m0/s1. The molecule has 3 atom stereocenters. The van der Waals surface area contributed by atoms with E-state index in [9.17, 15) is 14.7 Å². The third kappa shape index (κ3) is 5.28. The van der Waals surface area contributed by atoms with Crippen LogP contribution in [0.25, 0.3) is 16.8 Å². The van der Waals surface area contributed by atoms with Gasteiger partial charge in [0, 0.05) is 43.2 Å². The summed E-state index contributed by atoms with van der Waals surface area (Å²) in [4.78, 5) is 27.9.